The second-order valence-electron chi connectivity index (χ2n) is 6.08. The summed E-state index contributed by atoms with van der Waals surface area (Å²) in [6, 6.07) is 3.73. The van der Waals surface area contributed by atoms with Crippen LogP contribution in [-0.4, -0.2) is 61.9 Å². The Labute approximate surface area is 150 Å². The Hall–Kier alpha value is -1.32. The molecule has 1 aromatic heterocycles. The zero-order chi connectivity index (χ0) is 18.9. The molecule has 1 aromatic rings. The molecular weight excluding hydrogens is 353 g/mol. The van der Waals surface area contributed by atoms with Gasteiger partial charge in [0.05, 0.1) is 13.1 Å². The molecule has 9 heteroatoms. The van der Waals surface area contributed by atoms with Gasteiger partial charge in [0.25, 0.3) is 0 Å². The van der Waals surface area contributed by atoms with Crippen molar-refractivity contribution in [2.24, 2.45) is 4.99 Å². The molecule has 0 saturated heterocycles. The highest BCUT2D eigenvalue weighted by Gasteiger charge is 2.28. The van der Waals surface area contributed by atoms with Crippen LogP contribution in [0.2, 0.25) is 0 Å². The second kappa shape index (κ2) is 9.98. The van der Waals surface area contributed by atoms with E-state index in [0.717, 1.165) is 4.88 Å². The van der Waals surface area contributed by atoms with Crippen molar-refractivity contribution < 1.29 is 18.3 Å². The minimum absolute atomic E-state index is 0.191. The van der Waals surface area contributed by atoms with Crippen LogP contribution in [0.15, 0.2) is 22.5 Å². The van der Waals surface area contributed by atoms with Gasteiger partial charge in [-0.15, -0.1) is 11.3 Å². The minimum Gasteiger partial charge on any atom is -0.383 e. The van der Waals surface area contributed by atoms with E-state index in [2.05, 4.69) is 15.6 Å². The van der Waals surface area contributed by atoms with Gasteiger partial charge in [-0.05, 0) is 45.3 Å². The molecule has 0 spiro atoms. The molecular formula is C16H27F3N4OS. The van der Waals surface area contributed by atoms with E-state index in [1.165, 1.54) is 23.3 Å². The van der Waals surface area contributed by atoms with Gasteiger partial charge < -0.3 is 15.7 Å². The number of nitrogens with one attached hydrogen (secondary N) is 2. The first-order valence-electron chi connectivity index (χ1n) is 8.18. The molecule has 1 unspecified atom stereocenters. The highest BCUT2D eigenvalue weighted by atomic mass is 32.1. The predicted octanol–water partition coefficient (Wildman–Crippen LogP) is 2.39. The molecule has 3 N–H and O–H groups in total. The summed E-state index contributed by atoms with van der Waals surface area (Å²) in [5, 5.41) is 18.5. The van der Waals surface area contributed by atoms with E-state index in [1.807, 2.05) is 24.4 Å². The Morgan fingerprint density at radius 2 is 2.08 bits per heavy atom. The lowest BCUT2D eigenvalue weighted by atomic mass is 10.1. The van der Waals surface area contributed by atoms with Crippen LogP contribution in [0.5, 0.6) is 0 Å². The number of aliphatic hydroxyl groups is 1. The standard InChI is InChI=1S/C16H27F3N4OS/c1-4-20-14(21-8-6-9-23(3)12-16(17,18)19)22-11-15(2,24)13-7-5-10-25-13/h5,7,10,24H,4,6,8-9,11-12H2,1-3H3,(H2,20,21,22). The number of nitrogens with zero attached hydrogens (tertiary/aromatic N) is 2. The lowest BCUT2D eigenvalue weighted by Gasteiger charge is -2.21. The van der Waals surface area contributed by atoms with Crippen molar-refractivity contribution in [3.63, 3.8) is 0 Å². The molecule has 0 aliphatic carbocycles. The average molecular weight is 380 g/mol. The van der Waals surface area contributed by atoms with E-state index in [9.17, 15) is 18.3 Å². The number of alkyl halides is 3. The van der Waals surface area contributed by atoms with Crippen molar-refractivity contribution in [1.82, 2.24) is 15.5 Å². The summed E-state index contributed by atoms with van der Waals surface area (Å²) >= 11 is 1.47. The third-order valence-electron chi connectivity index (χ3n) is 3.40. The van der Waals surface area contributed by atoms with Gasteiger partial charge in [0.2, 0.25) is 0 Å². The number of hydrogen-bond acceptors (Lipinski definition) is 4. The van der Waals surface area contributed by atoms with Crippen molar-refractivity contribution >= 4 is 17.3 Å². The monoisotopic (exact) mass is 380 g/mol. The molecule has 0 fully saturated rings. The van der Waals surface area contributed by atoms with Crippen LogP contribution in [0.1, 0.15) is 25.1 Å². The Bertz CT molecular complexity index is 518. The number of guanidine groups is 1. The normalized spacial score (nSPS) is 15.3. The molecule has 1 atom stereocenters. The molecule has 1 heterocycles. The summed E-state index contributed by atoms with van der Waals surface area (Å²) in [7, 11) is 1.45. The first-order chi connectivity index (χ1) is 11.6. The van der Waals surface area contributed by atoms with Gasteiger partial charge in [0.1, 0.15) is 5.60 Å². The van der Waals surface area contributed by atoms with Gasteiger partial charge in [-0.3, -0.25) is 4.90 Å². The van der Waals surface area contributed by atoms with Crippen molar-refractivity contribution in [3.05, 3.63) is 22.4 Å². The van der Waals surface area contributed by atoms with E-state index in [4.69, 9.17) is 0 Å². The van der Waals surface area contributed by atoms with Crippen molar-refractivity contribution in [2.75, 3.05) is 39.8 Å². The SMILES string of the molecule is CCNC(=NCC(C)(O)c1cccs1)NCCCN(C)CC(F)(F)F. The Kier molecular flexibility index (Phi) is 8.67. The van der Waals surface area contributed by atoms with Crippen molar-refractivity contribution in [2.45, 2.75) is 32.0 Å². The quantitative estimate of drug-likeness (QED) is 0.350. The van der Waals surface area contributed by atoms with Gasteiger partial charge in [0, 0.05) is 18.0 Å². The fourth-order valence-electron chi connectivity index (χ4n) is 2.18. The van der Waals surface area contributed by atoms with E-state index in [-0.39, 0.29) is 6.54 Å². The molecule has 0 aliphatic rings. The predicted molar refractivity (Wildman–Crippen MR) is 96.0 cm³/mol. The van der Waals surface area contributed by atoms with Crippen LogP contribution < -0.4 is 10.6 Å². The highest BCUT2D eigenvalue weighted by molar-refractivity contribution is 7.10. The van der Waals surface area contributed by atoms with Crippen LogP contribution in [-0.2, 0) is 5.60 Å². The fourth-order valence-corrected chi connectivity index (χ4v) is 2.96. The van der Waals surface area contributed by atoms with Gasteiger partial charge in [0.15, 0.2) is 5.96 Å². The van der Waals surface area contributed by atoms with E-state index in [1.54, 1.807) is 6.92 Å². The van der Waals surface area contributed by atoms with Crippen LogP contribution in [0, 0.1) is 0 Å². The lowest BCUT2D eigenvalue weighted by molar-refractivity contribution is -0.143. The van der Waals surface area contributed by atoms with Gasteiger partial charge in [-0.25, -0.2) is 4.99 Å². The molecule has 0 amide bonds. The average Bonchev–Trinajstić information content (AvgIpc) is 3.02. The lowest BCUT2D eigenvalue weighted by Crippen LogP contribution is -2.40. The zero-order valence-corrected chi connectivity index (χ0v) is 15.7. The summed E-state index contributed by atoms with van der Waals surface area (Å²) in [6.45, 7) is 4.39. The molecule has 0 radical (unpaired) electrons. The number of hydrogen-bond donors (Lipinski definition) is 3. The molecule has 5 nitrogen and oxygen atoms in total. The number of rotatable bonds is 9. The largest absolute Gasteiger partial charge is 0.401 e. The second-order valence-corrected chi connectivity index (χ2v) is 7.03. The zero-order valence-electron chi connectivity index (χ0n) is 14.9. The molecule has 25 heavy (non-hydrogen) atoms. The van der Waals surface area contributed by atoms with Crippen LogP contribution in [0.4, 0.5) is 13.2 Å². The van der Waals surface area contributed by atoms with Crippen LogP contribution in [0.3, 0.4) is 0 Å². The topological polar surface area (TPSA) is 59.9 Å². The van der Waals surface area contributed by atoms with Gasteiger partial charge in [-0.1, -0.05) is 6.07 Å². The first kappa shape index (κ1) is 21.7. The maximum absolute atomic E-state index is 12.3. The molecule has 1 rings (SSSR count). The molecule has 0 aliphatic heterocycles. The third-order valence-corrected chi connectivity index (χ3v) is 4.52. The minimum atomic E-state index is -4.17. The number of halogens is 3. The Balaban J connectivity index is 2.43. The summed E-state index contributed by atoms with van der Waals surface area (Å²) in [6.07, 6.45) is -3.62. The third kappa shape index (κ3) is 9.08. The smallest absolute Gasteiger partial charge is 0.383 e. The van der Waals surface area contributed by atoms with Gasteiger partial charge >= 0.3 is 6.18 Å². The summed E-state index contributed by atoms with van der Waals surface area (Å²) < 4.78 is 36.8. The number of thiophene rings is 1. The highest BCUT2D eigenvalue weighted by Crippen LogP contribution is 2.25. The van der Waals surface area contributed by atoms with Crippen molar-refractivity contribution in [1.29, 1.82) is 0 Å². The summed E-state index contributed by atoms with van der Waals surface area (Å²) in [5.74, 6) is 0.540. The maximum Gasteiger partial charge on any atom is 0.401 e. The van der Waals surface area contributed by atoms with Crippen molar-refractivity contribution in [3.8, 4) is 0 Å². The van der Waals surface area contributed by atoms with Gasteiger partial charge in [-0.2, -0.15) is 13.2 Å². The van der Waals surface area contributed by atoms with E-state index < -0.39 is 18.3 Å². The van der Waals surface area contributed by atoms with E-state index in [0.29, 0.717) is 32.0 Å². The van der Waals surface area contributed by atoms with Crippen LogP contribution >= 0.6 is 11.3 Å². The Morgan fingerprint density at radius 1 is 1.36 bits per heavy atom. The molecule has 144 valence electrons. The molecule has 0 saturated carbocycles. The Morgan fingerprint density at radius 3 is 2.64 bits per heavy atom. The first-order valence-corrected chi connectivity index (χ1v) is 9.06. The summed E-state index contributed by atoms with van der Waals surface area (Å²) in [4.78, 5) is 6.45. The number of aliphatic imine (C=N–C) groups is 1. The van der Waals surface area contributed by atoms with Crippen LogP contribution in [0.25, 0.3) is 0 Å². The maximum atomic E-state index is 12.3. The fraction of sp³-hybridized carbons (Fsp3) is 0.688. The summed E-state index contributed by atoms with van der Waals surface area (Å²) in [5.41, 5.74) is -1.05. The molecule has 0 bridgehead atoms. The van der Waals surface area contributed by atoms with E-state index >= 15 is 0 Å². The molecule has 0 aromatic carbocycles.